The third-order valence-electron chi connectivity index (χ3n) is 8.63. The van der Waals surface area contributed by atoms with Crippen LogP contribution in [0.2, 0.25) is 0 Å². The Morgan fingerprint density at radius 2 is 1.22 bits per heavy atom. The smallest absolute Gasteiger partial charge is 0.200 e. The number of anilines is 5. The van der Waals surface area contributed by atoms with Crippen molar-refractivity contribution < 1.29 is 5.11 Å². The van der Waals surface area contributed by atoms with Crippen LogP contribution in [0.15, 0.2) is 129 Å². The van der Waals surface area contributed by atoms with Gasteiger partial charge in [0.2, 0.25) is 5.43 Å². The van der Waals surface area contributed by atoms with Gasteiger partial charge in [0.05, 0.1) is 58.2 Å². The Morgan fingerprint density at radius 3 is 1.90 bits per heavy atom. The van der Waals surface area contributed by atoms with E-state index in [0.29, 0.717) is 32.4 Å². The maximum absolute atomic E-state index is 15.0. The molecule has 1 aromatic heterocycles. The fraction of sp³-hybridized carbons (Fsp3) is 0.0500. The lowest BCUT2D eigenvalue weighted by Gasteiger charge is -2.17. The van der Waals surface area contributed by atoms with E-state index in [-0.39, 0.29) is 32.7 Å². The molecule has 0 aliphatic heterocycles. The number of nitrogen functional groups attached to an aromatic ring is 1. The van der Waals surface area contributed by atoms with Crippen molar-refractivity contribution in [2.45, 2.75) is 23.6 Å². The second-order valence-electron chi connectivity index (χ2n) is 12.1. The summed E-state index contributed by atoms with van der Waals surface area (Å²) in [6, 6.07) is 34.5. The third kappa shape index (κ3) is 5.43. The number of nitrogens with two attached hydrogens (primary N) is 1. The van der Waals surface area contributed by atoms with Crippen LogP contribution in [-0.4, -0.2) is 10.1 Å². The van der Waals surface area contributed by atoms with E-state index in [2.05, 4.69) is 15.6 Å². The molecule has 0 bridgehead atoms. The van der Waals surface area contributed by atoms with Crippen LogP contribution in [0.5, 0.6) is 5.75 Å². The van der Waals surface area contributed by atoms with E-state index in [1.807, 2.05) is 111 Å². The molecule has 0 saturated heterocycles. The van der Waals surface area contributed by atoms with Crippen LogP contribution in [0.1, 0.15) is 11.1 Å². The van der Waals surface area contributed by atoms with Crippen molar-refractivity contribution in [3.05, 3.63) is 141 Å². The summed E-state index contributed by atoms with van der Waals surface area (Å²) >= 11 is 2.77. The van der Waals surface area contributed by atoms with Gasteiger partial charge in [-0.3, -0.25) is 9.59 Å². The molecular weight excluding hydrogens is 649 g/mol. The van der Waals surface area contributed by atoms with Crippen molar-refractivity contribution in [2.24, 2.45) is 0 Å². The average molecular weight is 679 g/mol. The summed E-state index contributed by atoms with van der Waals surface area (Å²) in [4.78, 5) is 34.5. The molecule has 0 spiro atoms. The topological polar surface area (TPSA) is 120 Å². The van der Waals surface area contributed by atoms with E-state index in [9.17, 15) is 14.7 Å². The SMILES string of the molecule is Cc1ccc(Nc2cc(Sc3ccccc3N)c(O)c3c(=O)c4c(c(Nc5ccc(C)cc5)cc5sc6ccccc6[nH]c54)c(=O)c23)cc1. The largest absolute Gasteiger partial charge is 0.506 e. The standard InChI is InChI=1S/C40H30N4O3S2/c1-21-11-15-23(16-12-21)42-27-19-31-37(44-26-8-4-6-10-30(26)49-31)35-33(27)39(46)34-28(43-24-17-13-22(2)14-18-24)20-32(38(45)36(34)40(35)47)48-29-9-5-3-7-25(29)41/h3-20,42-45H,41H2,1-2H3. The average Bonchev–Trinajstić information content (AvgIpc) is 3.10. The third-order valence-corrected chi connectivity index (χ3v) is 10.9. The summed E-state index contributed by atoms with van der Waals surface area (Å²) in [5.41, 5.74) is 12.0. The number of aryl methyl sites for hydroxylation is 2. The Morgan fingerprint density at radius 1 is 0.653 bits per heavy atom. The van der Waals surface area contributed by atoms with Gasteiger partial charge in [0.25, 0.3) is 0 Å². The molecule has 0 radical (unpaired) electrons. The Labute approximate surface area is 289 Å². The number of para-hydroxylation sites is 2. The van der Waals surface area contributed by atoms with E-state index in [1.54, 1.807) is 12.1 Å². The lowest BCUT2D eigenvalue weighted by atomic mass is 9.97. The van der Waals surface area contributed by atoms with Gasteiger partial charge < -0.3 is 26.5 Å². The van der Waals surface area contributed by atoms with Gasteiger partial charge in [0.1, 0.15) is 5.75 Å². The zero-order valence-corrected chi connectivity index (χ0v) is 28.2. The van der Waals surface area contributed by atoms with Crippen LogP contribution in [0, 0.1) is 13.8 Å². The minimum atomic E-state index is -0.450. The number of phenols is 1. The highest BCUT2D eigenvalue weighted by atomic mass is 32.2. The van der Waals surface area contributed by atoms with E-state index >= 15 is 0 Å². The number of hydrogen-bond acceptors (Lipinski definition) is 8. The Kier molecular flexibility index (Phi) is 7.51. The number of fused-ring (bicyclic) bond motifs is 5. The monoisotopic (exact) mass is 678 g/mol. The summed E-state index contributed by atoms with van der Waals surface area (Å²) in [6.07, 6.45) is 0. The van der Waals surface area contributed by atoms with Gasteiger partial charge in [-0.05, 0) is 74.5 Å². The van der Waals surface area contributed by atoms with Crippen molar-refractivity contribution >= 4 is 93.5 Å². The predicted molar refractivity (Wildman–Crippen MR) is 207 cm³/mol. The van der Waals surface area contributed by atoms with Crippen molar-refractivity contribution in [3.63, 3.8) is 0 Å². The molecule has 8 aromatic rings. The molecule has 0 aliphatic carbocycles. The molecule has 0 saturated carbocycles. The zero-order chi connectivity index (χ0) is 33.8. The maximum atomic E-state index is 15.0. The molecule has 6 N–H and O–H groups in total. The minimum Gasteiger partial charge on any atom is -0.506 e. The van der Waals surface area contributed by atoms with E-state index in [1.165, 1.54) is 23.1 Å². The number of phenolic OH excluding ortho intramolecular Hbond substituents is 1. The van der Waals surface area contributed by atoms with Crippen LogP contribution in [0.25, 0.3) is 42.0 Å². The molecule has 7 nitrogen and oxygen atoms in total. The Balaban J connectivity index is 1.50. The van der Waals surface area contributed by atoms with Crippen molar-refractivity contribution in [1.29, 1.82) is 0 Å². The predicted octanol–water partition coefficient (Wildman–Crippen LogP) is 9.95. The van der Waals surface area contributed by atoms with Crippen LogP contribution in [0.3, 0.4) is 0 Å². The molecule has 0 fully saturated rings. The Bertz CT molecular complexity index is 2720. The van der Waals surface area contributed by atoms with Crippen LogP contribution in [0.4, 0.5) is 28.4 Å². The van der Waals surface area contributed by atoms with Gasteiger partial charge in [-0.15, -0.1) is 11.3 Å². The normalized spacial score (nSPS) is 11.5. The number of rotatable bonds is 6. The first kappa shape index (κ1) is 30.6. The second kappa shape index (κ2) is 12.0. The van der Waals surface area contributed by atoms with Crippen molar-refractivity contribution in [2.75, 3.05) is 16.4 Å². The van der Waals surface area contributed by atoms with Gasteiger partial charge >= 0.3 is 0 Å². The number of aromatic hydroxyl groups is 1. The van der Waals surface area contributed by atoms with E-state index < -0.39 is 5.43 Å². The summed E-state index contributed by atoms with van der Waals surface area (Å²) in [6.45, 7) is 4.01. The molecule has 0 atom stereocenters. The van der Waals surface area contributed by atoms with Gasteiger partial charge in [-0.25, -0.2) is 0 Å². The molecule has 0 aliphatic rings. The fourth-order valence-electron chi connectivity index (χ4n) is 6.14. The zero-order valence-electron chi connectivity index (χ0n) is 26.5. The summed E-state index contributed by atoms with van der Waals surface area (Å²) in [5.74, 6) is -0.267. The van der Waals surface area contributed by atoms with Gasteiger partial charge in [0, 0.05) is 22.0 Å². The first-order chi connectivity index (χ1) is 23.7. The number of aromatic nitrogens is 1. The molecule has 1 heterocycles. The Hall–Kier alpha value is -5.77. The summed E-state index contributed by atoms with van der Waals surface area (Å²) in [5, 5.41) is 19.3. The highest BCUT2D eigenvalue weighted by Crippen LogP contribution is 2.44. The highest BCUT2D eigenvalue weighted by Gasteiger charge is 2.25. The number of H-pyrrole nitrogens is 1. The summed E-state index contributed by atoms with van der Waals surface area (Å²) in [7, 11) is 0. The fourth-order valence-corrected chi connectivity index (χ4v) is 8.13. The number of hydrogen-bond donors (Lipinski definition) is 5. The lowest BCUT2D eigenvalue weighted by Crippen LogP contribution is -2.17. The van der Waals surface area contributed by atoms with Gasteiger partial charge in [0.15, 0.2) is 5.43 Å². The maximum Gasteiger partial charge on any atom is 0.200 e. The highest BCUT2D eigenvalue weighted by molar-refractivity contribution is 7.99. The minimum absolute atomic E-state index is 0.0491. The molecule has 7 aromatic carbocycles. The molecule has 9 heteroatoms. The van der Waals surface area contributed by atoms with Crippen molar-refractivity contribution in [3.8, 4) is 5.75 Å². The summed E-state index contributed by atoms with van der Waals surface area (Å²) < 4.78 is 1.79. The quantitative estimate of drug-likeness (QED) is 0.0514. The molecule has 49 heavy (non-hydrogen) atoms. The molecule has 0 amide bonds. The molecule has 240 valence electrons. The molecule has 8 rings (SSSR count). The molecular formula is C40H30N4O3S2. The first-order valence-electron chi connectivity index (χ1n) is 15.7. The first-order valence-corrected chi connectivity index (χ1v) is 17.3. The van der Waals surface area contributed by atoms with E-state index in [4.69, 9.17) is 5.73 Å². The number of aromatic amines is 1. The lowest BCUT2D eigenvalue weighted by molar-refractivity contribution is 0.469. The van der Waals surface area contributed by atoms with Crippen LogP contribution < -0.4 is 27.2 Å². The van der Waals surface area contributed by atoms with Crippen LogP contribution >= 0.6 is 23.1 Å². The van der Waals surface area contributed by atoms with Gasteiger partial charge in [-0.2, -0.15) is 0 Å². The van der Waals surface area contributed by atoms with Crippen molar-refractivity contribution in [1.82, 2.24) is 4.98 Å². The van der Waals surface area contributed by atoms with E-state index in [0.717, 1.165) is 37.4 Å². The van der Waals surface area contributed by atoms with Crippen LogP contribution in [-0.2, 0) is 0 Å². The number of benzene rings is 7. The number of nitrogens with one attached hydrogen (secondary N) is 3. The molecule has 0 unspecified atom stereocenters. The second-order valence-corrected chi connectivity index (χ2v) is 14.2. The van der Waals surface area contributed by atoms with Gasteiger partial charge in [-0.1, -0.05) is 71.4 Å².